The third-order valence-electron chi connectivity index (χ3n) is 1.90. The largest absolute Gasteiger partial charge is 0.464 e. The van der Waals surface area contributed by atoms with Gasteiger partial charge in [0.1, 0.15) is 6.33 Å². The Hall–Kier alpha value is -2.03. The first kappa shape index (κ1) is 11.5. The number of thioether (sulfide) groups is 1. The molecule has 8 nitrogen and oxygen atoms in total. The molecule has 0 fully saturated rings. The van der Waals surface area contributed by atoms with Crippen LogP contribution in [0.25, 0.3) is 0 Å². The average molecular weight is 254 g/mol. The van der Waals surface area contributed by atoms with E-state index in [9.17, 15) is 4.79 Å². The number of nitrogens with two attached hydrogens (primary N) is 1. The quantitative estimate of drug-likeness (QED) is 0.455. The highest BCUT2D eigenvalue weighted by atomic mass is 32.2. The van der Waals surface area contributed by atoms with E-state index in [1.807, 2.05) is 0 Å². The fourth-order valence-electron chi connectivity index (χ4n) is 1.11. The highest BCUT2D eigenvalue weighted by molar-refractivity contribution is 7.98. The predicted octanol–water partition coefficient (Wildman–Crippen LogP) is -0.275. The topological polar surface area (TPSA) is 101 Å². The van der Waals surface area contributed by atoms with Crippen LogP contribution in [0, 0.1) is 0 Å². The van der Waals surface area contributed by atoms with Crippen LogP contribution in [-0.2, 0) is 10.6 Å². The summed E-state index contributed by atoms with van der Waals surface area (Å²) < 4.78 is 7.45. The van der Waals surface area contributed by atoms with Gasteiger partial charge >= 0.3 is 5.97 Å². The van der Waals surface area contributed by atoms with Crippen molar-refractivity contribution in [2.75, 3.05) is 13.0 Å². The van der Waals surface area contributed by atoms with Gasteiger partial charge in [0.2, 0.25) is 5.16 Å². The van der Waals surface area contributed by atoms with E-state index in [0.717, 1.165) is 0 Å². The minimum atomic E-state index is -0.462. The number of nitrogens with zero attached hydrogens (tertiary/aromatic N) is 5. The van der Waals surface area contributed by atoms with Crippen molar-refractivity contribution in [2.24, 2.45) is 0 Å². The smallest absolute Gasteiger partial charge is 0.358 e. The summed E-state index contributed by atoms with van der Waals surface area (Å²) in [5, 5.41) is 12.1. The van der Waals surface area contributed by atoms with Crippen molar-refractivity contribution in [3.63, 3.8) is 0 Å². The second-order valence-corrected chi connectivity index (χ2v) is 3.94. The van der Waals surface area contributed by atoms with Crippen LogP contribution in [0.2, 0.25) is 0 Å². The maximum atomic E-state index is 11.2. The van der Waals surface area contributed by atoms with Crippen molar-refractivity contribution in [1.29, 1.82) is 0 Å². The highest BCUT2D eigenvalue weighted by Crippen LogP contribution is 2.14. The van der Waals surface area contributed by atoms with Crippen molar-refractivity contribution in [1.82, 2.24) is 24.7 Å². The molecule has 0 saturated heterocycles. The molecule has 2 aromatic heterocycles. The van der Waals surface area contributed by atoms with Gasteiger partial charge in [-0.25, -0.2) is 9.47 Å². The number of hydrogen-bond acceptors (Lipinski definition) is 7. The first-order valence-electron chi connectivity index (χ1n) is 4.60. The van der Waals surface area contributed by atoms with E-state index in [4.69, 9.17) is 5.84 Å². The van der Waals surface area contributed by atoms with E-state index < -0.39 is 5.97 Å². The fraction of sp³-hybridized carbons (Fsp3) is 0.250. The van der Waals surface area contributed by atoms with Gasteiger partial charge in [0.05, 0.1) is 13.0 Å². The van der Waals surface area contributed by atoms with E-state index in [-0.39, 0.29) is 5.69 Å². The Labute approximate surface area is 101 Å². The molecule has 0 bridgehead atoms. The van der Waals surface area contributed by atoms with Crippen LogP contribution in [0.4, 0.5) is 0 Å². The molecule has 2 rings (SSSR count). The summed E-state index contributed by atoms with van der Waals surface area (Å²) in [5.74, 6) is 5.56. The normalized spacial score (nSPS) is 10.4. The number of carbonyl (C=O) groups excluding carboxylic acids is 1. The van der Waals surface area contributed by atoms with Crippen molar-refractivity contribution < 1.29 is 9.53 Å². The lowest BCUT2D eigenvalue weighted by Crippen LogP contribution is -2.09. The third kappa shape index (κ3) is 2.56. The molecule has 17 heavy (non-hydrogen) atoms. The lowest BCUT2D eigenvalue weighted by atomic mass is 10.4. The average Bonchev–Trinajstić information content (AvgIpc) is 2.94. The molecule has 2 aromatic rings. The van der Waals surface area contributed by atoms with Gasteiger partial charge in [-0.15, -0.1) is 10.2 Å². The molecule has 0 saturated carbocycles. The van der Waals surface area contributed by atoms with Crippen molar-refractivity contribution in [2.45, 2.75) is 11.0 Å². The first-order chi connectivity index (χ1) is 8.20. The second-order valence-electron chi connectivity index (χ2n) is 3.03. The number of methoxy groups -OCH3 is 1. The first-order valence-corrected chi connectivity index (χ1v) is 5.59. The monoisotopic (exact) mass is 254 g/mol. The summed E-state index contributed by atoms with van der Waals surface area (Å²) in [5.41, 5.74) is 0.266. The van der Waals surface area contributed by atoms with Gasteiger partial charge in [-0.2, -0.15) is 5.10 Å². The molecule has 0 aromatic carbocycles. The Morgan fingerprint density at radius 2 is 2.47 bits per heavy atom. The Balaban J connectivity index is 1.98. The molecule has 0 radical (unpaired) electrons. The molecule has 0 amide bonds. The number of aromatic nitrogens is 5. The maximum Gasteiger partial charge on any atom is 0.358 e. The van der Waals surface area contributed by atoms with Gasteiger partial charge in [0.15, 0.2) is 5.69 Å². The van der Waals surface area contributed by atoms with Crippen LogP contribution >= 0.6 is 11.8 Å². The molecule has 0 unspecified atom stereocenters. The molecule has 0 aliphatic carbocycles. The van der Waals surface area contributed by atoms with Crippen LogP contribution in [0.15, 0.2) is 23.7 Å². The van der Waals surface area contributed by atoms with Crippen molar-refractivity contribution in [3.8, 4) is 0 Å². The molecular formula is C8H10N6O2S. The minimum absolute atomic E-state index is 0.266. The summed E-state index contributed by atoms with van der Waals surface area (Å²) in [6, 6.07) is 1.58. The molecule has 2 heterocycles. The summed E-state index contributed by atoms with van der Waals surface area (Å²) in [6.45, 7) is 0. The van der Waals surface area contributed by atoms with Crippen LogP contribution < -0.4 is 5.84 Å². The standard InChI is InChI=1S/C8H10N6O2S/c1-16-7(15)6-2-3-13(12-6)5-17-8-11-10-4-14(8)9/h2-4H,5,9H2,1H3. The minimum Gasteiger partial charge on any atom is -0.464 e. The molecule has 0 aliphatic heterocycles. The number of hydrogen-bond donors (Lipinski definition) is 1. The van der Waals surface area contributed by atoms with Gasteiger partial charge in [-0.05, 0) is 6.07 Å². The molecular weight excluding hydrogens is 244 g/mol. The molecule has 0 aliphatic rings. The zero-order valence-electron chi connectivity index (χ0n) is 8.98. The molecule has 2 N–H and O–H groups in total. The third-order valence-corrected chi connectivity index (χ3v) is 2.85. The van der Waals surface area contributed by atoms with Crippen LogP contribution in [0.5, 0.6) is 0 Å². The summed E-state index contributed by atoms with van der Waals surface area (Å²) in [6.07, 6.45) is 3.09. The number of rotatable bonds is 4. The van der Waals surface area contributed by atoms with Gasteiger partial charge in [0, 0.05) is 6.20 Å². The molecule has 0 spiro atoms. The van der Waals surface area contributed by atoms with E-state index in [2.05, 4.69) is 20.0 Å². The van der Waals surface area contributed by atoms with Crippen molar-refractivity contribution >= 4 is 17.7 Å². The van der Waals surface area contributed by atoms with Gasteiger partial charge in [-0.3, -0.25) is 4.68 Å². The lowest BCUT2D eigenvalue weighted by molar-refractivity contribution is 0.0593. The Morgan fingerprint density at radius 3 is 3.12 bits per heavy atom. The predicted molar refractivity (Wildman–Crippen MR) is 59.6 cm³/mol. The van der Waals surface area contributed by atoms with Gasteiger partial charge in [-0.1, -0.05) is 11.8 Å². The molecule has 90 valence electrons. The van der Waals surface area contributed by atoms with E-state index >= 15 is 0 Å². The zero-order chi connectivity index (χ0) is 12.3. The molecule has 9 heteroatoms. The van der Waals surface area contributed by atoms with Crippen LogP contribution in [0.3, 0.4) is 0 Å². The maximum absolute atomic E-state index is 11.2. The summed E-state index contributed by atoms with van der Waals surface area (Å²) in [7, 11) is 1.31. The second kappa shape index (κ2) is 4.87. The van der Waals surface area contributed by atoms with Crippen LogP contribution in [0.1, 0.15) is 10.5 Å². The molecule has 0 atom stereocenters. The fourth-order valence-corrected chi connectivity index (χ4v) is 1.80. The summed E-state index contributed by atoms with van der Waals surface area (Å²) >= 11 is 1.35. The Bertz CT molecular complexity index is 522. The number of nitrogen functional groups attached to an aromatic ring is 1. The zero-order valence-corrected chi connectivity index (χ0v) is 9.79. The van der Waals surface area contributed by atoms with E-state index in [1.165, 1.54) is 29.9 Å². The lowest BCUT2D eigenvalue weighted by Gasteiger charge is -2.00. The Morgan fingerprint density at radius 1 is 1.65 bits per heavy atom. The highest BCUT2D eigenvalue weighted by Gasteiger charge is 2.09. The van der Waals surface area contributed by atoms with E-state index in [0.29, 0.717) is 11.0 Å². The number of carbonyl (C=O) groups is 1. The van der Waals surface area contributed by atoms with E-state index in [1.54, 1.807) is 16.9 Å². The number of ether oxygens (including phenoxy) is 1. The van der Waals surface area contributed by atoms with Crippen molar-refractivity contribution in [3.05, 3.63) is 24.3 Å². The van der Waals surface area contributed by atoms with Gasteiger partial charge in [0.25, 0.3) is 0 Å². The Kier molecular flexibility index (Phi) is 3.28. The summed E-state index contributed by atoms with van der Waals surface area (Å²) in [4.78, 5) is 11.2. The van der Waals surface area contributed by atoms with Gasteiger partial charge < -0.3 is 10.6 Å². The van der Waals surface area contributed by atoms with Crippen LogP contribution in [-0.4, -0.2) is 37.7 Å². The number of esters is 1. The SMILES string of the molecule is COC(=O)c1ccn(CSc2nncn2N)n1.